The van der Waals surface area contributed by atoms with E-state index >= 15 is 0 Å². The van der Waals surface area contributed by atoms with Crippen molar-refractivity contribution >= 4 is 5.69 Å². The molecule has 1 heterocycles. The molecule has 1 unspecified atom stereocenters. The van der Waals surface area contributed by atoms with Gasteiger partial charge in [0.15, 0.2) is 0 Å². The van der Waals surface area contributed by atoms with E-state index in [2.05, 4.69) is 4.90 Å². The highest BCUT2D eigenvalue weighted by Crippen LogP contribution is 2.23. The number of benzene rings is 1. The van der Waals surface area contributed by atoms with Crippen LogP contribution in [0.1, 0.15) is 31.2 Å². The monoisotopic (exact) mass is 264 g/mol. The fourth-order valence-corrected chi connectivity index (χ4v) is 2.75. The summed E-state index contributed by atoms with van der Waals surface area (Å²) in [5, 5.41) is 19.9. The molecule has 1 aromatic rings. The molecule has 19 heavy (non-hydrogen) atoms. The van der Waals surface area contributed by atoms with Crippen molar-refractivity contribution < 1.29 is 10.0 Å². The lowest BCUT2D eigenvalue weighted by Crippen LogP contribution is -2.39. The Morgan fingerprint density at radius 2 is 2.26 bits per heavy atom. The lowest BCUT2D eigenvalue weighted by Gasteiger charge is -2.35. The number of hydrogen-bond donors (Lipinski definition) is 1. The number of nitrogens with zero attached hydrogens (tertiary/aromatic N) is 2. The SMILES string of the molecule is O=[N+]([O-])c1cccc(CN2CCCCC2CCO)c1. The van der Waals surface area contributed by atoms with Gasteiger partial charge < -0.3 is 5.11 Å². The average Bonchev–Trinajstić information content (AvgIpc) is 2.41. The van der Waals surface area contributed by atoms with Gasteiger partial charge in [-0.25, -0.2) is 0 Å². The van der Waals surface area contributed by atoms with Crippen molar-refractivity contribution in [3.63, 3.8) is 0 Å². The first-order chi connectivity index (χ1) is 9.20. The lowest BCUT2D eigenvalue weighted by atomic mass is 9.99. The molecule has 104 valence electrons. The van der Waals surface area contributed by atoms with Crippen LogP contribution in [0.4, 0.5) is 5.69 Å². The second-order valence-electron chi connectivity index (χ2n) is 5.06. The predicted molar refractivity (Wildman–Crippen MR) is 72.8 cm³/mol. The molecule has 2 rings (SSSR count). The second-order valence-corrected chi connectivity index (χ2v) is 5.06. The maximum Gasteiger partial charge on any atom is 0.269 e. The molecular formula is C14H20N2O3. The zero-order valence-corrected chi connectivity index (χ0v) is 11.0. The van der Waals surface area contributed by atoms with Crippen molar-refractivity contribution in [2.24, 2.45) is 0 Å². The van der Waals surface area contributed by atoms with Crippen molar-refractivity contribution in [2.75, 3.05) is 13.2 Å². The molecule has 0 saturated carbocycles. The molecule has 0 aliphatic carbocycles. The van der Waals surface area contributed by atoms with Crippen LogP contribution in [-0.4, -0.2) is 34.1 Å². The summed E-state index contributed by atoms with van der Waals surface area (Å²) in [6.45, 7) is 1.94. The van der Waals surface area contributed by atoms with Gasteiger partial charge in [-0.05, 0) is 31.4 Å². The molecule has 1 aliphatic rings. The summed E-state index contributed by atoms with van der Waals surface area (Å²) < 4.78 is 0. The molecular weight excluding hydrogens is 244 g/mol. The number of likely N-dealkylation sites (tertiary alicyclic amines) is 1. The third-order valence-electron chi connectivity index (χ3n) is 3.72. The van der Waals surface area contributed by atoms with Gasteiger partial charge in [0.05, 0.1) is 4.92 Å². The molecule has 1 aliphatic heterocycles. The molecule has 1 fully saturated rings. The number of piperidine rings is 1. The topological polar surface area (TPSA) is 66.6 Å². The van der Waals surface area contributed by atoms with E-state index in [9.17, 15) is 10.1 Å². The third kappa shape index (κ3) is 3.75. The van der Waals surface area contributed by atoms with Gasteiger partial charge in [-0.1, -0.05) is 18.6 Å². The summed E-state index contributed by atoms with van der Waals surface area (Å²) >= 11 is 0. The number of rotatable bonds is 5. The van der Waals surface area contributed by atoms with Gasteiger partial charge in [0, 0.05) is 31.3 Å². The molecule has 0 spiro atoms. The average molecular weight is 264 g/mol. The van der Waals surface area contributed by atoms with E-state index in [1.807, 2.05) is 6.07 Å². The fraction of sp³-hybridized carbons (Fsp3) is 0.571. The fourth-order valence-electron chi connectivity index (χ4n) is 2.75. The summed E-state index contributed by atoms with van der Waals surface area (Å²) in [6.07, 6.45) is 4.26. The normalized spacial score (nSPS) is 20.4. The van der Waals surface area contributed by atoms with Gasteiger partial charge in [-0.15, -0.1) is 0 Å². The van der Waals surface area contributed by atoms with Gasteiger partial charge in [0.25, 0.3) is 5.69 Å². The van der Waals surface area contributed by atoms with E-state index in [0.29, 0.717) is 6.04 Å². The van der Waals surface area contributed by atoms with Crippen LogP contribution in [-0.2, 0) is 6.54 Å². The zero-order chi connectivity index (χ0) is 13.7. The van der Waals surface area contributed by atoms with Crippen LogP contribution in [0.2, 0.25) is 0 Å². The Hall–Kier alpha value is -1.46. The van der Waals surface area contributed by atoms with Crippen molar-refractivity contribution in [3.8, 4) is 0 Å². The first-order valence-corrected chi connectivity index (χ1v) is 6.79. The van der Waals surface area contributed by atoms with E-state index in [4.69, 9.17) is 5.11 Å². The van der Waals surface area contributed by atoms with Crippen molar-refractivity contribution in [2.45, 2.75) is 38.3 Å². The van der Waals surface area contributed by atoms with Gasteiger partial charge in [0.1, 0.15) is 0 Å². The summed E-state index contributed by atoms with van der Waals surface area (Å²) in [5.41, 5.74) is 1.12. The number of nitro groups is 1. The smallest absolute Gasteiger partial charge is 0.269 e. The molecule has 1 atom stereocenters. The first kappa shape index (κ1) is 14.0. The molecule has 0 bridgehead atoms. The maximum atomic E-state index is 10.8. The van der Waals surface area contributed by atoms with Crippen LogP contribution >= 0.6 is 0 Å². The van der Waals surface area contributed by atoms with E-state index in [-0.39, 0.29) is 17.2 Å². The van der Waals surface area contributed by atoms with Crippen molar-refractivity contribution in [1.82, 2.24) is 4.90 Å². The van der Waals surface area contributed by atoms with Crippen LogP contribution in [0.5, 0.6) is 0 Å². The number of non-ortho nitro benzene ring substituents is 1. The second kappa shape index (κ2) is 6.63. The molecule has 0 radical (unpaired) electrons. The molecule has 0 aromatic heterocycles. The van der Waals surface area contributed by atoms with Crippen molar-refractivity contribution in [3.05, 3.63) is 39.9 Å². The Bertz CT molecular complexity index is 434. The highest BCUT2D eigenvalue weighted by atomic mass is 16.6. The summed E-state index contributed by atoms with van der Waals surface area (Å²) in [7, 11) is 0. The number of aliphatic hydroxyl groups is 1. The minimum atomic E-state index is -0.356. The molecule has 0 amide bonds. The summed E-state index contributed by atoms with van der Waals surface area (Å²) in [4.78, 5) is 12.7. The molecule has 5 nitrogen and oxygen atoms in total. The van der Waals surface area contributed by atoms with Crippen LogP contribution < -0.4 is 0 Å². The van der Waals surface area contributed by atoms with Crippen LogP contribution in [0.3, 0.4) is 0 Å². The summed E-state index contributed by atoms with van der Waals surface area (Å²) in [5.74, 6) is 0. The minimum absolute atomic E-state index is 0.146. The van der Waals surface area contributed by atoms with Gasteiger partial charge in [0.2, 0.25) is 0 Å². The number of nitro benzene ring substituents is 1. The van der Waals surface area contributed by atoms with Gasteiger partial charge in [-0.2, -0.15) is 0 Å². The number of hydrogen-bond acceptors (Lipinski definition) is 4. The largest absolute Gasteiger partial charge is 0.396 e. The van der Waals surface area contributed by atoms with Crippen molar-refractivity contribution in [1.29, 1.82) is 0 Å². The van der Waals surface area contributed by atoms with Crippen LogP contribution in [0.15, 0.2) is 24.3 Å². The van der Waals surface area contributed by atoms with Crippen LogP contribution in [0.25, 0.3) is 0 Å². The summed E-state index contributed by atoms with van der Waals surface area (Å²) in [6, 6.07) is 7.23. The Balaban J connectivity index is 2.06. The molecule has 1 aromatic carbocycles. The highest BCUT2D eigenvalue weighted by molar-refractivity contribution is 5.34. The quantitative estimate of drug-likeness (QED) is 0.654. The number of aliphatic hydroxyl groups excluding tert-OH is 1. The van der Waals surface area contributed by atoms with Crippen LogP contribution in [0, 0.1) is 10.1 Å². The Kier molecular flexibility index (Phi) is 4.87. The lowest BCUT2D eigenvalue weighted by molar-refractivity contribution is -0.384. The first-order valence-electron chi connectivity index (χ1n) is 6.79. The zero-order valence-electron chi connectivity index (χ0n) is 11.0. The predicted octanol–water partition coefficient (Wildman–Crippen LogP) is 2.33. The third-order valence-corrected chi connectivity index (χ3v) is 3.72. The van der Waals surface area contributed by atoms with E-state index in [1.54, 1.807) is 12.1 Å². The molecule has 1 N–H and O–H groups in total. The Morgan fingerprint density at radius 1 is 1.42 bits per heavy atom. The maximum absolute atomic E-state index is 10.8. The van der Waals surface area contributed by atoms with E-state index in [0.717, 1.165) is 37.9 Å². The molecule has 5 heteroatoms. The Labute approximate surface area is 113 Å². The molecule has 1 saturated heterocycles. The van der Waals surface area contributed by atoms with Gasteiger partial charge >= 0.3 is 0 Å². The van der Waals surface area contributed by atoms with E-state index in [1.165, 1.54) is 12.5 Å². The van der Waals surface area contributed by atoms with Gasteiger partial charge in [-0.3, -0.25) is 15.0 Å². The standard InChI is InChI=1S/C14H20N2O3/c17-9-7-13-5-1-2-8-15(13)11-12-4-3-6-14(10-12)16(18)19/h3-4,6,10,13,17H,1-2,5,7-9,11H2. The highest BCUT2D eigenvalue weighted by Gasteiger charge is 2.22. The minimum Gasteiger partial charge on any atom is -0.396 e. The van der Waals surface area contributed by atoms with E-state index < -0.39 is 0 Å². The Morgan fingerprint density at radius 3 is 3.00 bits per heavy atom.